The molecule has 0 saturated carbocycles. The molecule has 1 aromatic heterocycles. The van der Waals surface area contributed by atoms with Crippen molar-refractivity contribution >= 4 is 5.82 Å². The molecule has 0 radical (unpaired) electrons. The van der Waals surface area contributed by atoms with Crippen LogP contribution >= 0.6 is 0 Å². The number of hydrogen-bond donors (Lipinski definition) is 0. The minimum atomic E-state index is -0.533. The molecule has 0 unspecified atom stereocenters. The SMILES string of the molecule is O=[N+]([O-])c1cn2c(n1)OC[C@@H](OCc1ccccc1)C2. The molecule has 1 aliphatic heterocycles. The largest absolute Gasteiger partial charge is 0.443 e. The summed E-state index contributed by atoms with van der Waals surface area (Å²) in [4.78, 5) is 13.9. The molecule has 1 aromatic carbocycles. The number of fused-ring (bicyclic) bond motifs is 1. The maximum absolute atomic E-state index is 10.7. The predicted molar refractivity (Wildman–Crippen MR) is 69.4 cm³/mol. The van der Waals surface area contributed by atoms with Crippen molar-refractivity contribution in [2.45, 2.75) is 19.3 Å². The second-order valence-corrected chi connectivity index (χ2v) is 4.52. The maximum Gasteiger partial charge on any atom is 0.414 e. The lowest BCUT2D eigenvalue weighted by Gasteiger charge is -2.22. The second-order valence-electron chi connectivity index (χ2n) is 4.52. The first-order valence-corrected chi connectivity index (χ1v) is 6.22. The molecule has 2 heterocycles. The highest BCUT2D eigenvalue weighted by atomic mass is 16.6. The Bertz CT molecular complexity index is 611. The monoisotopic (exact) mass is 275 g/mol. The zero-order valence-corrected chi connectivity index (χ0v) is 10.6. The Morgan fingerprint density at radius 3 is 3.00 bits per heavy atom. The normalized spacial score (nSPS) is 17.3. The predicted octanol–water partition coefficient (Wildman–Crippen LogP) is 1.77. The van der Waals surface area contributed by atoms with E-state index in [2.05, 4.69) is 4.98 Å². The van der Waals surface area contributed by atoms with Crippen LogP contribution < -0.4 is 4.74 Å². The Hall–Kier alpha value is -2.41. The first-order chi connectivity index (χ1) is 9.72. The molecule has 20 heavy (non-hydrogen) atoms. The van der Waals surface area contributed by atoms with E-state index in [9.17, 15) is 10.1 Å². The average Bonchev–Trinajstić information content (AvgIpc) is 2.89. The molecular weight excluding hydrogens is 262 g/mol. The minimum Gasteiger partial charge on any atom is -0.443 e. The van der Waals surface area contributed by atoms with Crippen molar-refractivity contribution in [2.24, 2.45) is 0 Å². The van der Waals surface area contributed by atoms with Crippen molar-refractivity contribution < 1.29 is 14.4 Å². The van der Waals surface area contributed by atoms with Gasteiger partial charge in [0.15, 0.2) is 0 Å². The molecule has 1 aliphatic rings. The van der Waals surface area contributed by atoms with Crippen LogP contribution in [0.25, 0.3) is 0 Å². The van der Waals surface area contributed by atoms with Gasteiger partial charge >= 0.3 is 11.8 Å². The summed E-state index contributed by atoms with van der Waals surface area (Å²) in [6.45, 7) is 1.34. The molecule has 7 nitrogen and oxygen atoms in total. The zero-order chi connectivity index (χ0) is 13.9. The van der Waals surface area contributed by atoms with Gasteiger partial charge in [-0.1, -0.05) is 30.3 Å². The molecule has 104 valence electrons. The Kier molecular flexibility index (Phi) is 3.34. The highest BCUT2D eigenvalue weighted by Gasteiger charge is 2.28. The van der Waals surface area contributed by atoms with Gasteiger partial charge in [-0.05, 0) is 10.5 Å². The fourth-order valence-corrected chi connectivity index (χ4v) is 2.05. The number of imidazole rings is 1. The van der Waals surface area contributed by atoms with Crippen LogP contribution in [-0.4, -0.2) is 27.2 Å². The summed E-state index contributed by atoms with van der Waals surface area (Å²) >= 11 is 0. The Morgan fingerprint density at radius 1 is 1.45 bits per heavy atom. The average molecular weight is 275 g/mol. The van der Waals surface area contributed by atoms with Crippen LogP contribution in [-0.2, 0) is 17.9 Å². The summed E-state index contributed by atoms with van der Waals surface area (Å²) in [5, 5.41) is 10.7. The van der Waals surface area contributed by atoms with Gasteiger partial charge in [-0.3, -0.25) is 4.57 Å². The van der Waals surface area contributed by atoms with Gasteiger partial charge in [0.2, 0.25) is 0 Å². The third-order valence-corrected chi connectivity index (χ3v) is 3.04. The number of benzene rings is 1. The summed E-state index contributed by atoms with van der Waals surface area (Å²) < 4.78 is 12.7. The molecule has 3 rings (SSSR count). The van der Waals surface area contributed by atoms with E-state index in [1.165, 1.54) is 6.20 Å². The Balaban J connectivity index is 1.62. The molecule has 0 fully saturated rings. The van der Waals surface area contributed by atoms with Crippen LogP contribution in [0.5, 0.6) is 6.01 Å². The van der Waals surface area contributed by atoms with E-state index in [1.807, 2.05) is 30.3 Å². The lowest BCUT2D eigenvalue weighted by Crippen LogP contribution is -2.32. The van der Waals surface area contributed by atoms with Gasteiger partial charge in [0.05, 0.1) is 13.2 Å². The van der Waals surface area contributed by atoms with Gasteiger partial charge in [0, 0.05) is 4.98 Å². The van der Waals surface area contributed by atoms with Crippen molar-refractivity contribution in [2.75, 3.05) is 6.61 Å². The molecule has 2 aromatic rings. The summed E-state index contributed by atoms with van der Waals surface area (Å²) in [6.07, 6.45) is 1.23. The van der Waals surface area contributed by atoms with Gasteiger partial charge < -0.3 is 19.6 Å². The van der Waals surface area contributed by atoms with Gasteiger partial charge in [-0.2, -0.15) is 0 Å². The van der Waals surface area contributed by atoms with E-state index < -0.39 is 4.92 Å². The van der Waals surface area contributed by atoms with E-state index in [1.54, 1.807) is 4.57 Å². The molecule has 0 N–H and O–H groups in total. The number of aromatic nitrogens is 2. The summed E-state index contributed by atoms with van der Waals surface area (Å²) in [5.74, 6) is -0.205. The lowest BCUT2D eigenvalue weighted by molar-refractivity contribution is -0.389. The molecule has 0 amide bonds. The third-order valence-electron chi connectivity index (χ3n) is 3.04. The maximum atomic E-state index is 10.7. The quantitative estimate of drug-likeness (QED) is 0.627. The molecule has 0 saturated heterocycles. The first-order valence-electron chi connectivity index (χ1n) is 6.22. The standard InChI is InChI=1S/C13H13N3O4/c17-16(18)12-7-15-6-11(9-20-13(15)14-12)19-8-10-4-2-1-3-5-10/h1-5,7,11H,6,8-9H2/t11-/m0/s1. The van der Waals surface area contributed by atoms with Crippen molar-refractivity contribution in [3.63, 3.8) is 0 Å². The zero-order valence-electron chi connectivity index (χ0n) is 10.6. The number of ether oxygens (including phenoxy) is 2. The molecule has 1 atom stereocenters. The lowest BCUT2D eigenvalue weighted by atomic mass is 10.2. The second kappa shape index (κ2) is 5.30. The van der Waals surface area contributed by atoms with Crippen LogP contribution in [0, 0.1) is 10.1 Å². The summed E-state index contributed by atoms with van der Waals surface area (Å²) in [5.41, 5.74) is 1.08. The van der Waals surface area contributed by atoms with Gasteiger partial charge in [-0.15, -0.1) is 0 Å². The van der Waals surface area contributed by atoms with Crippen molar-refractivity contribution in [3.05, 3.63) is 52.2 Å². The first kappa shape index (κ1) is 12.6. The van der Waals surface area contributed by atoms with E-state index in [4.69, 9.17) is 9.47 Å². The summed E-state index contributed by atoms with van der Waals surface area (Å²) in [6, 6.07) is 10.1. The van der Waals surface area contributed by atoms with Crippen LogP contribution in [0.2, 0.25) is 0 Å². The van der Waals surface area contributed by atoms with Crippen molar-refractivity contribution in [1.29, 1.82) is 0 Å². The van der Waals surface area contributed by atoms with Gasteiger partial charge in [-0.25, -0.2) is 0 Å². The Morgan fingerprint density at radius 2 is 2.25 bits per heavy atom. The van der Waals surface area contributed by atoms with Crippen LogP contribution in [0.15, 0.2) is 36.5 Å². The number of hydrogen-bond acceptors (Lipinski definition) is 5. The molecular formula is C13H13N3O4. The van der Waals surface area contributed by atoms with Crippen LogP contribution in [0.3, 0.4) is 0 Å². The van der Waals surface area contributed by atoms with Crippen molar-refractivity contribution in [3.8, 4) is 6.01 Å². The molecule has 0 aliphatic carbocycles. The molecule has 7 heteroatoms. The third kappa shape index (κ3) is 2.62. The minimum absolute atomic E-state index is 0.142. The van der Waals surface area contributed by atoms with Crippen LogP contribution in [0.4, 0.5) is 5.82 Å². The molecule has 0 spiro atoms. The fraction of sp³-hybridized carbons (Fsp3) is 0.308. The summed E-state index contributed by atoms with van der Waals surface area (Å²) in [7, 11) is 0. The highest BCUT2D eigenvalue weighted by molar-refractivity contribution is 5.21. The molecule has 0 bridgehead atoms. The topological polar surface area (TPSA) is 79.4 Å². The van der Waals surface area contributed by atoms with Gasteiger partial charge in [0.25, 0.3) is 0 Å². The van der Waals surface area contributed by atoms with Crippen LogP contribution in [0.1, 0.15) is 5.56 Å². The van der Waals surface area contributed by atoms with E-state index in [-0.39, 0.29) is 17.9 Å². The highest BCUT2D eigenvalue weighted by Crippen LogP contribution is 2.22. The number of rotatable bonds is 4. The van der Waals surface area contributed by atoms with E-state index in [0.29, 0.717) is 19.8 Å². The number of nitro groups is 1. The smallest absolute Gasteiger partial charge is 0.414 e. The van der Waals surface area contributed by atoms with E-state index in [0.717, 1.165) is 5.56 Å². The van der Waals surface area contributed by atoms with Gasteiger partial charge in [0.1, 0.15) is 18.9 Å². The number of nitrogens with zero attached hydrogens (tertiary/aromatic N) is 3. The Labute approximate surface area is 114 Å². The van der Waals surface area contributed by atoms with Crippen molar-refractivity contribution in [1.82, 2.24) is 9.55 Å². The fourth-order valence-electron chi connectivity index (χ4n) is 2.05. The van der Waals surface area contributed by atoms with E-state index >= 15 is 0 Å².